The van der Waals surface area contributed by atoms with Gasteiger partial charge in [0.15, 0.2) is 12.0 Å². The van der Waals surface area contributed by atoms with Crippen LogP contribution < -0.4 is 5.73 Å². The lowest BCUT2D eigenvalue weighted by atomic mass is 10.1. The summed E-state index contributed by atoms with van der Waals surface area (Å²) in [4.78, 5) is 10.6. The molecule has 17 heavy (non-hydrogen) atoms. The maximum absolute atomic E-state index is 13.3. The van der Waals surface area contributed by atoms with Crippen LogP contribution in [-0.4, -0.2) is 12.3 Å². The minimum absolute atomic E-state index is 0. The highest BCUT2D eigenvalue weighted by atomic mass is 35.5. The van der Waals surface area contributed by atoms with E-state index in [1.54, 1.807) is 0 Å². The van der Waals surface area contributed by atoms with Gasteiger partial charge in [-0.3, -0.25) is 4.79 Å². The number of fused-ring (bicyclic) bond motifs is 1. The molecule has 1 heterocycles. The topological polar surface area (TPSA) is 56.2 Å². The minimum atomic E-state index is -0.346. The van der Waals surface area contributed by atoms with E-state index < -0.39 is 0 Å². The molecule has 2 aromatic rings. The van der Waals surface area contributed by atoms with Crippen molar-refractivity contribution >= 4 is 29.7 Å². The average Bonchev–Trinajstić information content (AvgIpc) is 2.59. The number of halogens is 2. The van der Waals surface area contributed by atoms with Gasteiger partial charge in [-0.15, -0.1) is 12.4 Å². The number of carbonyl (C=O) groups excluding carboxylic acids is 1. The molecule has 0 bridgehead atoms. The molecule has 0 radical (unpaired) electrons. The van der Waals surface area contributed by atoms with Gasteiger partial charge in [-0.05, 0) is 37.1 Å². The highest BCUT2D eigenvalue weighted by Crippen LogP contribution is 2.24. The lowest BCUT2D eigenvalue weighted by Gasteiger charge is -2.05. The van der Waals surface area contributed by atoms with E-state index in [-0.39, 0.29) is 30.0 Å². The Balaban J connectivity index is 0.00000144. The van der Waals surface area contributed by atoms with Crippen LogP contribution in [0.2, 0.25) is 0 Å². The Morgan fingerprint density at radius 3 is 2.76 bits per heavy atom. The summed E-state index contributed by atoms with van der Waals surface area (Å²) in [6, 6.07) is 4.17. The van der Waals surface area contributed by atoms with E-state index in [4.69, 9.17) is 10.2 Å². The molecule has 2 N–H and O–H groups in total. The predicted octanol–water partition coefficient (Wildman–Crippen LogP) is 2.70. The summed E-state index contributed by atoms with van der Waals surface area (Å²) in [5.41, 5.74) is 6.91. The number of carbonyl (C=O) groups is 1. The Hall–Kier alpha value is -1.39. The van der Waals surface area contributed by atoms with Crippen molar-refractivity contribution in [3.8, 4) is 0 Å². The van der Waals surface area contributed by atoms with Gasteiger partial charge in [0.05, 0.1) is 0 Å². The largest absolute Gasteiger partial charge is 0.453 e. The molecule has 0 fully saturated rings. The van der Waals surface area contributed by atoms with Gasteiger partial charge >= 0.3 is 0 Å². The van der Waals surface area contributed by atoms with Gasteiger partial charge in [-0.1, -0.05) is 0 Å². The summed E-state index contributed by atoms with van der Waals surface area (Å²) in [6.45, 7) is 1.83. The van der Waals surface area contributed by atoms with Crippen LogP contribution in [0.25, 0.3) is 11.0 Å². The van der Waals surface area contributed by atoms with Crippen LogP contribution >= 0.6 is 12.4 Å². The molecular formula is C12H13ClFNO2. The number of benzene rings is 1. The molecule has 5 heteroatoms. The third kappa shape index (κ3) is 2.84. The molecule has 0 amide bonds. The summed E-state index contributed by atoms with van der Waals surface area (Å²) in [5.74, 6) is -0.145. The molecule has 1 aromatic carbocycles. The van der Waals surface area contributed by atoms with E-state index >= 15 is 0 Å². The zero-order chi connectivity index (χ0) is 11.7. The fourth-order valence-electron chi connectivity index (χ4n) is 1.76. The average molecular weight is 258 g/mol. The van der Waals surface area contributed by atoms with Crippen molar-refractivity contribution in [2.24, 2.45) is 5.73 Å². The number of furan rings is 1. The first-order chi connectivity index (χ1) is 7.60. The van der Waals surface area contributed by atoms with Gasteiger partial charge in [0.2, 0.25) is 0 Å². The van der Waals surface area contributed by atoms with Crippen LogP contribution in [0, 0.1) is 5.82 Å². The van der Waals surface area contributed by atoms with Gasteiger partial charge in [0, 0.05) is 11.4 Å². The second-order valence-electron chi connectivity index (χ2n) is 3.93. The van der Waals surface area contributed by atoms with Crippen LogP contribution in [0.5, 0.6) is 0 Å². The predicted molar refractivity (Wildman–Crippen MR) is 66.2 cm³/mol. The second kappa shape index (κ2) is 5.29. The maximum Gasteiger partial charge on any atom is 0.185 e. The van der Waals surface area contributed by atoms with Crippen molar-refractivity contribution in [3.05, 3.63) is 35.3 Å². The van der Waals surface area contributed by atoms with Crippen LogP contribution in [0.3, 0.4) is 0 Å². The lowest BCUT2D eigenvalue weighted by molar-refractivity contribution is 0.110. The van der Waals surface area contributed by atoms with Gasteiger partial charge in [0.1, 0.15) is 11.4 Å². The Kier molecular flexibility index (Phi) is 4.26. The van der Waals surface area contributed by atoms with Crippen molar-refractivity contribution in [1.82, 2.24) is 0 Å². The zero-order valence-corrected chi connectivity index (χ0v) is 10.1. The summed E-state index contributed by atoms with van der Waals surface area (Å²) in [7, 11) is 0. The van der Waals surface area contributed by atoms with E-state index in [0.29, 0.717) is 29.2 Å². The molecule has 0 saturated carbocycles. The molecule has 1 atom stereocenters. The molecule has 3 nitrogen and oxygen atoms in total. The van der Waals surface area contributed by atoms with E-state index in [9.17, 15) is 9.18 Å². The lowest BCUT2D eigenvalue weighted by Crippen LogP contribution is -2.17. The normalized spacial score (nSPS) is 12.2. The van der Waals surface area contributed by atoms with E-state index in [1.165, 1.54) is 18.2 Å². The fraction of sp³-hybridized carbons (Fsp3) is 0.250. The number of hydrogen-bond donors (Lipinski definition) is 1. The highest BCUT2D eigenvalue weighted by Gasteiger charge is 2.11. The quantitative estimate of drug-likeness (QED) is 0.860. The fourth-order valence-corrected chi connectivity index (χ4v) is 1.76. The molecular weight excluding hydrogens is 245 g/mol. The summed E-state index contributed by atoms with van der Waals surface area (Å²) in [6.07, 6.45) is 1.12. The molecule has 0 saturated heterocycles. The second-order valence-corrected chi connectivity index (χ2v) is 3.93. The van der Waals surface area contributed by atoms with Crippen LogP contribution in [0.1, 0.15) is 23.0 Å². The third-order valence-corrected chi connectivity index (χ3v) is 2.34. The van der Waals surface area contributed by atoms with Crippen molar-refractivity contribution in [2.45, 2.75) is 19.4 Å². The maximum atomic E-state index is 13.3. The summed E-state index contributed by atoms with van der Waals surface area (Å²) < 4.78 is 18.6. The van der Waals surface area contributed by atoms with E-state index in [2.05, 4.69) is 0 Å². The molecule has 0 aliphatic heterocycles. The molecule has 92 valence electrons. The van der Waals surface area contributed by atoms with Gasteiger partial charge in [-0.2, -0.15) is 0 Å². The first-order valence-electron chi connectivity index (χ1n) is 5.03. The van der Waals surface area contributed by atoms with Crippen LogP contribution in [0.4, 0.5) is 4.39 Å². The number of rotatable bonds is 3. The molecule has 1 unspecified atom stereocenters. The van der Waals surface area contributed by atoms with Crippen LogP contribution in [-0.2, 0) is 6.42 Å². The first-order valence-corrected chi connectivity index (χ1v) is 5.03. The zero-order valence-electron chi connectivity index (χ0n) is 9.27. The van der Waals surface area contributed by atoms with Gasteiger partial charge in [0.25, 0.3) is 0 Å². The third-order valence-electron chi connectivity index (χ3n) is 2.34. The number of aldehydes is 1. The van der Waals surface area contributed by atoms with Crippen molar-refractivity contribution < 1.29 is 13.6 Å². The van der Waals surface area contributed by atoms with E-state index in [0.717, 1.165) is 0 Å². The Morgan fingerprint density at radius 1 is 1.47 bits per heavy atom. The summed E-state index contributed by atoms with van der Waals surface area (Å²) >= 11 is 0. The number of nitrogens with two attached hydrogens (primary N) is 1. The minimum Gasteiger partial charge on any atom is -0.453 e. The van der Waals surface area contributed by atoms with Crippen molar-refractivity contribution in [3.63, 3.8) is 0 Å². The SMILES string of the molecule is CC(N)Cc1cc(F)cc2cc(C=O)oc12.Cl. The highest BCUT2D eigenvalue weighted by molar-refractivity contribution is 5.87. The Morgan fingerprint density at radius 2 is 2.18 bits per heavy atom. The molecule has 0 spiro atoms. The van der Waals surface area contributed by atoms with Gasteiger partial charge in [-0.25, -0.2) is 4.39 Å². The Bertz CT molecular complexity index is 537. The standard InChI is InChI=1S/C12H12FNO2.ClH/c1-7(14)2-8-3-10(13)4-9-5-11(6-15)16-12(8)9;/h3-7H,2,14H2,1H3;1H. The summed E-state index contributed by atoms with van der Waals surface area (Å²) in [5, 5.41) is 0.595. The van der Waals surface area contributed by atoms with Crippen molar-refractivity contribution in [2.75, 3.05) is 0 Å². The Labute approximate surface area is 104 Å². The molecule has 1 aromatic heterocycles. The number of hydrogen-bond acceptors (Lipinski definition) is 3. The smallest absolute Gasteiger partial charge is 0.185 e. The van der Waals surface area contributed by atoms with Crippen molar-refractivity contribution in [1.29, 1.82) is 0 Å². The van der Waals surface area contributed by atoms with Crippen LogP contribution in [0.15, 0.2) is 22.6 Å². The monoisotopic (exact) mass is 257 g/mol. The first kappa shape index (κ1) is 13.7. The molecule has 0 aliphatic carbocycles. The molecule has 2 rings (SSSR count). The van der Waals surface area contributed by atoms with E-state index in [1.807, 2.05) is 6.92 Å². The van der Waals surface area contributed by atoms with Gasteiger partial charge < -0.3 is 10.2 Å². The molecule has 0 aliphatic rings.